The van der Waals surface area contributed by atoms with E-state index in [9.17, 15) is 14.4 Å². The summed E-state index contributed by atoms with van der Waals surface area (Å²) in [5, 5.41) is 2.15. The number of nitrogens with one attached hydrogen (secondary N) is 1. The van der Waals surface area contributed by atoms with Crippen molar-refractivity contribution in [3.8, 4) is 11.4 Å². The fraction of sp³-hybridized carbons (Fsp3) is 0.235. The van der Waals surface area contributed by atoms with Gasteiger partial charge in [0, 0.05) is 23.1 Å². The minimum atomic E-state index is -0.606. The number of rotatable bonds is 1. The Balaban J connectivity index is 1.94. The normalized spacial score (nSPS) is 17.2. The number of carbonyl (C=O) groups is 2. The van der Waals surface area contributed by atoms with Crippen LogP contribution in [0.1, 0.15) is 40.1 Å². The van der Waals surface area contributed by atoms with Crippen LogP contribution in [0.25, 0.3) is 5.69 Å². The van der Waals surface area contributed by atoms with E-state index < -0.39 is 17.4 Å². The molecular weight excluding hydrogens is 310 g/mol. The van der Waals surface area contributed by atoms with Gasteiger partial charge in [-0.2, -0.15) is 0 Å². The van der Waals surface area contributed by atoms with E-state index in [2.05, 4.69) is 19.2 Å². The number of amides is 2. The summed E-state index contributed by atoms with van der Waals surface area (Å²) in [6, 6.07) is 6.50. The van der Waals surface area contributed by atoms with Gasteiger partial charge in [-0.25, -0.2) is 0 Å². The number of hydrogen-bond donors (Lipinski definition) is 2. The number of anilines is 1. The number of benzene rings is 1. The van der Waals surface area contributed by atoms with Crippen molar-refractivity contribution < 1.29 is 14.3 Å². The van der Waals surface area contributed by atoms with Crippen molar-refractivity contribution in [1.82, 2.24) is 9.88 Å². The van der Waals surface area contributed by atoms with Gasteiger partial charge in [-0.3, -0.25) is 24.3 Å². The summed E-state index contributed by atoms with van der Waals surface area (Å²) in [5.41, 5.74) is 7.02. The van der Waals surface area contributed by atoms with Gasteiger partial charge in [0.1, 0.15) is 11.6 Å². The van der Waals surface area contributed by atoms with Gasteiger partial charge in [-0.1, -0.05) is 19.9 Å². The van der Waals surface area contributed by atoms with Crippen LogP contribution in [-0.4, -0.2) is 23.0 Å². The van der Waals surface area contributed by atoms with Crippen LogP contribution in [0, 0.1) is 0 Å². The lowest BCUT2D eigenvalue weighted by Crippen LogP contribution is -2.24. The van der Waals surface area contributed by atoms with Gasteiger partial charge < -0.3 is 10.5 Å². The molecule has 7 nitrogen and oxygen atoms in total. The van der Waals surface area contributed by atoms with Gasteiger partial charge in [0.2, 0.25) is 0 Å². The summed E-state index contributed by atoms with van der Waals surface area (Å²) in [5.74, 6) is -0.576. The molecule has 0 saturated carbocycles. The van der Waals surface area contributed by atoms with E-state index in [0.717, 1.165) is 11.6 Å². The molecule has 0 radical (unpaired) electrons. The maximum atomic E-state index is 12.4. The molecule has 0 unspecified atom stereocenters. The highest BCUT2D eigenvalue weighted by atomic mass is 16.5. The Morgan fingerprint density at radius 1 is 1.17 bits per heavy atom. The zero-order chi connectivity index (χ0) is 17.2. The molecule has 0 atom stereocenters. The van der Waals surface area contributed by atoms with Crippen molar-refractivity contribution in [3.05, 3.63) is 51.3 Å². The third-order valence-electron chi connectivity index (χ3n) is 4.49. The summed E-state index contributed by atoms with van der Waals surface area (Å²) in [7, 11) is 0. The van der Waals surface area contributed by atoms with Crippen LogP contribution in [-0.2, 0) is 5.41 Å². The van der Waals surface area contributed by atoms with E-state index in [-0.39, 0.29) is 22.4 Å². The number of fused-ring (bicyclic) bond motifs is 2. The van der Waals surface area contributed by atoms with E-state index in [0.29, 0.717) is 18.0 Å². The van der Waals surface area contributed by atoms with Crippen LogP contribution in [0.5, 0.6) is 5.75 Å². The second-order valence-electron chi connectivity index (χ2n) is 6.63. The first-order chi connectivity index (χ1) is 11.3. The van der Waals surface area contributed by atoms with Crippen LogP contribution in [0.15, 0.2) is 29.1 Å². The Kier molecular flexibility index (Phi) is 2.70. The van der Waals surface area contributed by atoms with E-state index in [1.807, 2.05) is 6.07 Å². The van der Waals surface area contributed by atoms with Crippen molar-refractivity contribution in [3.63, 3.8) is 0 Å². The largest absolute Gasteiger partial charge is 0.492 e. The van der Waals surface area contributed by atoms with E-state index >= 15 is 0 Å². The smallest absolute Gasteiger partial charge is 0.262 e. The average Bonchev–Trinajstić information content (AvgIpc) is 2.96. The molecule has 24 heavy (non-hydrogen) atoms. The molecule has 2 amide bonds. The van der Waals surface area contributed by atoms with Crippen LogP contribution >= 0.6 is 0 Å². The molecule has 1 aromatic carbocycles. The summed E-state index contributed by atoms with van der Waals surface area (Å²) >= 11 is 0. The standard InChI is InChI=1S/C17H15N3O4/c1-17(2)7-24-11-5-8(3-4-10(11)17)20-12(21)6-9-13(14(20)18)16(23)19-15(9)22/h3-6H,7,18H2,1-2H3,(H,19,22,23). The lowest BCUT2D eigenvalue weighted by Gasteiger charge is -2.16. The number of nitrogens with two attached hydrogens (primary N) is 1. The zero-order valence-corrected chi connectivity index (χ0v) is 13.2. The molecule has 2 aliphatic heterocycles. The van der Waals surface area contributed by atoms with Crippen molar-refractivity contribution >= 4 is 17.6 Å². The predicted molar refractivity (Wildman–Crippen MR) is 86.8 cm³/mol. The molecule has 4 rings (SSSR count). The first-order valence-corrected chi connectivity index (χ1v) is 7.48. The highest BCUT2D eigenvalue weighted by Crippen LogP contribution is 2.39. The second-order valence-corrected chi connectivity index (χ2v) is 6.63. The first-order valence-electron chi connectivity index (χ1n) is 7.48. The molecule has 3 N–H and O–H groups in total. The van der Waals surface area contributed by atoms with Gasteiger partial charge in [0.25, 0.3) is 17.4 Å². The Morgan fingerprint density at radius 3 is 2.67 bits per heavy atom. The van der Waals surface area contributed by atoms with Crippen molar-refractivity contribution in [1.29, 1.82) is 0 Å². The van der Waals surface area contributed by atoms with Gasteiger partial charge >= 0.3 is 0 Å². The van der Waals surface area contributed by atoms with Crippen LogP contribution in [0.2, 0.25) is 0 Å². The molecule has 0 spiro atoms. The molecule has 7 heteroatoms. The molecule has 3 heterocycles. The minimum Gasteiger partial charge on any atom is -0.492 e. The number of nitrogens with zero attached hydrogens (tertiary/aromatic N) is 1. The summed E-state index contributed by atoms with van der Waals surface area (Å²) < 4.78 is 6.91. The van der Waals surface area contributed by atoms with Crippen molar-refractivity contribution in [2.24, 2.45) is 0 Å². The number of carbonyl (C=O) groups excluding carboxylic acids is 2. The summed E-state index contributed by atoms with van der Waals surface area (Å²) in [6.07, 6.45) is 0. The van der Waals surface area contributed by atoms with Crippen LogP contribution in [0.3, 0.4) is 0 Å². The third-order valence-corrected chi connectivity index (χ3v) is 4.49. The lowest BCUT2D eigenvalue weighted by molar-refractivity contribution is 0.0880. The zero-order valence-electron chi connectivity index (χ0n) is 13.2. The van der Waals surface area contributed by atoms with Crippen molar-refractivity contribution in [2.75, 3.05) is 12.3 Å². The average molecular weight is 325 g/mol. The number of ether oxygens (including phenoxy) is 1. The van der Waals surface area contributed by atoms with Gasteiger partial charge in [0.05, 0.1) is 23.4 Å². The molecule has 1 aromatic heterocycles. The number of aromatic nitrogens is 1. The van der Waals surface area contributed by atoms with E-state index in [1.165, 1.54) is 4.57 Å². The Hall–Kier alpha value is -3.09. The quantitative estimate of drug-likeness (QED) is 0.761. The van der Waals surface area contributed by atoms with Crippen molar-refractivity contribution in [2.45, 2.75) is 19.3 Å². The predicted octanol–water partition coefficient (Wildman–Crippen LogP) is 0.973. The van der Waals surface area contributed by atoms with E-state index in [4.69, 9.17) is 10.5 Å². The highest BCUT2D eigenvalue weighted by Gasteiger charge is 2.34. The maximum Gasteiger partial charge on any atom is 0.262 e. The molecule has 0 saturated heterocycles. The van der Waals surface area contributed by atoms with Gasteiger partial charge in [-0.15, -0.1) is 0 Å². The molecule has 2 aromatic rings. The number of nitrogen functional groups attached to an aromatic ring is 1. The summed E-state index contributed by atoms with van der Waals surface area (Å²) in [4.78, 5) is 36.0. The van der Waals surface area contributed by atoms with Crippen LogP contribution < -0.4 is 21.3 Å². The Bertz CT molecular complexity index is 988. The Labute approximate surface area is 137 Å². The molecule has 0 fully saturated rings. The first kappa shape index (κ1) is 14.5. The SMILES string of the molecule is CC1(C)COc2cc(-n3c(N)c4c(cc3=O)C(=O)NC4=O)ccc21. The molecule has 0 bridgehead atoms. The fourth-order valence-electron chi connectivity index (χ4n) is 3.21. The van der Waals surface area contributed by atoms with Crippen LogP contribution in [0.4, 0.5) is 5.82 Å². The lowest BCUT2D eigenvalue weighted by atomic mass is 9.87. The third kappa shape index (κ3) is 1.81. The number of pyridine rings is 1. The molecule has 0 aliphatic carbocycles. The topological polar surface area (TPSA) is 103 Å². The monoisotopic (exact) mass is 325 g/mol. The molecule has 2 aliphatic rings. The summed E-state index contributed by atoms with van der Waals surface area (Å²) in [6.45, 7) is 4.70. The van der Waals surface area contributed by atoms with Gasteiger partial charge in [0.15, 0.2) is 0 Å². The highest BCUT2D eigenvalue weighted by molar-refractivity contribution is 6.23. The minimum absolute atomic E-state index is 0.0114. The Morgan fingerprint density at radius 2 is 1.92 bits per heavy atom. The number of hydrogen-bond acceptors (Lipinski definition) is 5. The second kappa shape index (κ2) is 4.47. The molecular formula is C17H15N3O4. The number of imide groups is 1. The van der Waals surface area contributed by atoms with Gasteiger partial charge in [-0.05, 0) is 6.07 Å². The maximum absolute atomic E-state index is 12.4. The fourth-order valence-corrected chi connectivity index (χ4v) is 3.21. The molecule has 122 valence electrons. The van der Waals surface area contributed by atoms with E-state index in [1.54, 1.807) is 12.1 Å².